The van der Waals surface area contributed by atoms with Gasteiger partial charge < -0.3 is 11.5 Å². The number of nitrogens with two attached hydrogens (primary N) is 2. The van der Waals surface area contributed by atoms with Crippen molar-refractivity contribution in [3.8, 4) is 6.07 Å². The van der Waals surface area contributed by atoms with Crippen LogP contribution >= 0.6 is 34.9 Å². The number of rotatable bonds is 6. The van der Waals surface area contributed by atoms with Crippen LogP contribution in [0.3, 0.4) is 0 Å². The summed E-state index contributed by atoms with van der Waals surface area (Å²) in [4.78, 5) is 19.7. The molecule has 0 bridgehead atoms. The minimum atomic E-state index is -0.275. The predicted molar refractivity (Wildman–Crippen MR) is 86.5 cm³/mol. The molecule has 0 atom stereocenters. The molecular formula is C10H10N8OS3. The number of thioether (sulfide) groups is 2. The molecule has 0 saturated heterocycles. The average Bonchev–Trinajstić information content (AvgIpc) is 2.89. The summed E-state index contributed by atoms with van der Waals surface area (Å²) in [5.41, 5.74) is 11.1. The van der Waals surface area contributed by atoms with E-state index in [-0.39, 0.29) is 29.0 Å². The highest BCUT2D eigenvalue weighted by atomic mass is 32.2. The van der Waals surface area contributed by atoms with E-state index < -0.39 is 0 Å². The molecule has 12 heteroatoms. The van der Waals surface area contributed by atoms with Crippen molar-refractivity contribution in [2.45, 2.75) is 9.50 Å². The molecule has 0 aliphatic carbocycles. The molecular weight excluding hydrogens is 344 g/mol. The number of anilines is 3. The van der Waals surface area contributed by atoms with Crippen molar-refractivity contribution in [3.63, 3.8) is 0 Å². The Morgan fingerprint density at radius 3 is 2.73 bits per heavy atom. The lowest BCUT2D eigenvalue weighted by molar-refractivity contribution is -0.113. The van der Waals surface area contributed by atoms with Gasteiger partial charge in [0.1, 0.15) is 11.6 Å². The van der Waals surface area contributed by atoms with Crippen LogP contribution in [0.1, 0.15) is 0 Å². The summed E-state index contributed by atoms with van der Waals surface area (Å²) >= 11 is 3.58. The highest BCUT2D eigenvalue weighted by Crippen LogP contribution is 2.25. The Kier molecular flexibility index (Phi) is 5.75. The number of amides is 1. The van der Waals surface area contributed by atoms with E-state index in [1.807, 2.05) is 6.07 Å². The van der Waals surface area contributed by atoms with Crippen molar-refractivity contribution in [3.05, 3.63) is 6.07 Å². The van der Waals surface area contributed by atoms with E-state index in [2.05, 4.69) is 25.5 Å². The number of carbonyl (C=O) groups excluding carboxylic acids is 1. The van der Waals surface area contributed by atoms with Crippen LogP contribution in [0.25, 0.3) is 0 Å². The van der Waals surface area contributed by atoms with Crippen molar-refractivity contribution < 1.29 is 4.79 Å². The molecule has 0 unspecified atom stereocenters. The smallest absolute Gasteiger partial charge is 0.236 e. The maximum Gasteiger partial charge on any atom is 0.236 e. The number of nitrogens with zero attached hydrogens (tertiary/aromatic N) is 5. The molecule has 0 fully saturated rings. The van der Waals surface area contributed by atoms with Crippen LogP contribution in [-0.2, 0) is 4.79 Å². The van der Waals surface area contributed by atoms with Crippen molar-refractivity contribution in [2.24, 2.45) is 0 Å². The third-order valence-corrected chi connectivity index (χ3v) is 4.68. The van der Waals surface area contributed by atoms with Crippen LogP contribution in [0, 0.1) is 11.3 Å². The van der Waals surface area contributed by atoms with Gasteiger partial charge in [-0.1, -0.05) is 34.9 Å². The number of nitriles is 1. The SMILES string of the molecule is N#CCSc1nnc(NC(=O)CSc2nc(N)cc(N)n2)s1. The fourth-order valence-corrected chi connectivity index (χ4v) is 3.33. The first-order valence-electron chi connectivity index (χ1n) is 5.73. The highest BCUT2D eigenvalue weighted by molar-refractivity contribution is 8.01. The van der Waals surface area contributed by atoms with Crippen LogP contribution in [-0.4, -0.2) is 37.6 Å². The minimum Gasteiger partial charge on any atom is -0.383 e. The van der Waals surface area contributed by atoms with Crippen LogP contribution in [0.15, 0.2) is 15.6 Å². The van der Waals surface area contributed by atoms with Gasteiger partial charge in [0.15, 0.2) is 9.50 Å². The molecule has 114 valence electrons. The molecule has 0 aromatic carbocycles. The Balaban J connectivity index is 1.85. The number of aromatic nitrogens is 4. The minimum absolute atomic E-state index is 0.0865. The van der Waals surface area contributed by atoms with Gasteiger partial charge in [0, 0.05) is 6.07 Å². The molecule has 5 N–H and O–H groups in total. The average molecular weight is 354 g/mol. The van der Waals surface area contributed by atoms with Crippen molar-refractivity contribution in [1.29, 1.82) is 5.26 Å². The lowest BCUT2D eigenvalue weighted by atomic mass is 10.5. The van der Waals surface area contributed by atoms with E-state index in [0.29, 0.717) is 14.6 Å². The normalized spacial score (nSPS) is 10.1. The first-order chi connectivity index (χ1) is 10.6. The van der Waals surface area contributed by atoms with Gasteiger partial charge in [-0.3, -0.25) is 10.1 Å². The fraction of sp³-hybridized carbons (Fsp3) is 0.200. The molecule has 22 heavy (non-hydrogen) atoms. The molecule has 0 aliphatic heterocycles. The topological polar surface area (TPSA) is 156 Å². The van der Waals surface area contributed by atoms with Gasteiger partial charge in [-0.2, -0.15) is 5.26 Å². The zero-order chi connectivity index (χ0) is 15.9. The second-order valence-corrected chi connectivity index (χ2v) is 6.80. The van der Waals surface area contributed by atoms with Crippen LogP contribution < -0.4 is 16.8 Å². The molecule has 0 aliphatic rings. The van der Waals surface area contributed by atoms with Crippen LogP contribution in [0.2, 0.25) is 0 Å². The van der Waals surface area contributed by atoms with E-state index in [0.717, 1.165) is 11.8 Å². The van der Waals surface area contributed by atoms with Gasteiger partial charge >= 0.3 is 0 Å². The summed E-state index contributed by atoms with van der Waals surface area (Å²) in [6.45, 7) is 0. The Labute approximate surface area is 137 Å². The Hall–Kier alpha value is -2.10. The Morgan fingerprint density at radius 2 is 2.05 bits per heavy atom. The van der Waals surface area contributed by atoms with Gasteiger partial charge in [0.25, 0.3) is 0 Å². The number of hydrogen-bond acceptors (Lipinski definition) is 11. The summed E-state index contributed by atoms with van der Waals surface area (Å²) in [5, 5.41) is 19.5. The fourth-order valence-electron chi connectivity index (χ4n) is 1.22. The Bertz CT molecular complexity index is 692. The highest BCUT2D eigenvalue weighted by Gasteiger charge is 2.10. The number of nitrogen functional groups attached to an aromatic ring is 2. The Morgan fingerprint density at radius 1 is 1.32 bits per heavy atom. The first kappa shape index (κ1) is 16.3. The summed E-state index contributed by atoms with van der Waals surface area (Å²) in [5.74, 6) is 0.593. The number of hydrogen-bond donors (Lipinski definition) is 3. The number of nitrogens with one attached hydrogen (secondary N) is 1. The van der Waals surface area contributed by atoms with Gasteiger partial charge in [0.2, 0.25) is 11.0 Å². The third kappa shape index (κ3) is 5.02. The molecule has 1 amide bonds. The van der Waals surface area contributed by atoms with E-state index in [1.165, 1.54) is 29.2 Å². The molecule has 2 rings (SSSR count). The van der Waals surface area contributed by atoms with Crippen molar-refractivity contribution in [2.75, 3.05) is 28.3 Å². The van der Waals surface area contributed by atoms with E-state index in [9.17, 15) is 4.79 Å². The largest absolute Gasteiger partial charge is 0.383 e. The third-order valence-electron chi connectivity index (χ3n) is 1.99. The van der Waals surface area contributed by atoms with E-state index >= 15 is 0 Å². The van der Waals surface area contributed by atoms with E-state index in [1.54, 1.807) is 0 Å². The summed E-state index contributed by atoms with van der Waals surface area (Å²) in [7, 11) is 0. The molecule has 0 saturated carbocycles. The summed E-state index contributed by atoms with van der Waals surface area (Å²) in [6.07, 6.45) is 0. The van der Waals surface area contributed by atoms with Gasteiger partial charge in [-0.25, -0.2) is 9.97 Å². The molecule has 9 nitrogen and oxygen atoms in total. The summed E-state index contributed by atoms with van der Waals surface area (Å²) in [6, 6.07) is 3.43. The van der Waals surface area contributed by atoms with Gasteiger partial charge in [-0.05, 0) is 0 Å². The zero-order valence-corrected chi connectivity index (χ0v) is 13.5. The molecule has 2 aromatic heterocycles. The predicted octanol–water partition coefficient (Wildman–Crippen LogP) is 0.839. The second-order valence-electron chi connectivity index (χ2n) is 3.66. The maximum absolute atomic E-state index is 11.8. The monoisotopic (exact) mass is 354 g/mol. The summed E-state index contributed by atoms with van der Waals surface area (Å²) < 4.78 is 0.622. The molecule has 0 spiro atoms. The lowest BCUT2D eigenvalue weighted by Gasteiger charge is -2.02. The maximum atomic E-state index is 11.8. The van der Waals surface area contributed by atoms with Gasteiger partial charge in [-0.15, -0.1) is 10.2 Å². The lowest BCUT2D eigenvalue weighted by Crippen LogP contribution is -2.14. The quantitative estimate of drug-likeness (QED) is 0.385. The van der Waals surface area contributed by atoms with Crippen molar-refractivity contribution in [1.82, 2.24) is 20.2 Å². The standard InChI is InChI=1S/C10H10N8OS3/c11-1-2-20-10-18-17-9(22-10)16-7(19)4-21-8-14-5(12)3-6(13)15-8/h3H,2,4H2,(H,16,17,19)(H4,12,13,14,15). The second kappa shape index (κ2) is 7.78. The molecule has 2 heterocycles. The van der Waals surface area contributed by atoms with Crippen LogP contribution in [0.5, 0.6) is 0 Å². The van der Waals surface area contributed by atoms with Crippen LogP contribution in [0.4, 0.5) is 16.8 Å². The molecule has 0 radical (unpaired) electrons. The number of carbonyl (C=O) groups is 1. The molecule has 2 aromatic rings. The zero-order valence-electron chi connectivity index (χ0n) is 11.0. The van der Waals surface area contributed by atoms with E-state index in [4.69, 9.17) is 16.7 Å². The van der Waals surface area contributed by atoms with Crippen molar-refractivity contribution >= 4 is 57.5 Å². The first-order valence-corrected chi connectivity index (χ1v) is 8.51. The van der Waals surface area contributed by atoms with Gasteiger partial charge in [0.05, 0.1) is 17.6 Å².